The molecule has 0 aliphatic carbocycles. The van der Waals surface area contributed by atoms with E-state index >= 15 is 0 Å². The third-order valence-corrected chi connectivity index (χ3v) is 2.23. The first kappa shape index (κ1) is 8.26. The largest absolute Gasteiger partial charge is 0.296 e. The van der Waals surface area contributed by atoms with Crippen molar-refractivity contribution in [3.63, 3.8) is 0 Å². The van der Waals surface area contributed by atoms with Crippen LogP contribution in [0.4, 0.5) is 0 Å². The molecule has 2 heterocycles. The van der Waals surface area contributed by atoms with Gasteiger partial charge in [0.25, 0.3) is 0 Å². The Bertz CT molecular complexity index is 476. The van der Waals surface area contributed by atoms with Gasteiger partial charge in [-0.2, -0.15) is 0 Å². The highest BCUT2D eigenvalue weighted by atomic mass is 35.5. The molecule has 0 aromatic carbocycles. The molecular weight excluding hydrogens is 188 g/mol. The molecule has 0 saturated heterocycles. The predicted octanol–water partition coefficient (Wildman–Crippen LogP) is 2.11. The lowest BCUT2D eigenvalue weighted by Crippen LogP contribution is -1.91. The zero-order valence-corrected chi connectivity index (χ0v) is 7.75. The van der Waals surface area contributed by atoms with E-state index in [1.54, 1.807) is 29.7 Å². The number of aromatic nitrogens is 2. The molecule has 0 bridgehead atoms. The summed E-state index contributed by atoms with van der Waals surface area (Å²) in [6.45, 7) is 1.78. The number of imidazole rings is 1. The number of nitrogens with zero attached hydrogens (tertiary/aromatic N) is 2. The van der Waals surface area contributed by atoms with Gasteiger partial charge in [-0.25, -0.2) is 4.98 Å². The van der Waals surface area contributed by atoms with Crippen molar-refractivity contribution in [1.29, 1.82) is 0 Å². The number of rotatable bonds is 1. The molecule has 0 spiro atoms. The van der Waals surface area contributed by atoms with E-state index in [9.17, 15) is 4.79 Å². The second kappa shape index (κ2) is 2.85. The van der Waals surface area contributed by atoms with Crippen molar-refractivity contribution in [2.45, 2.75) is 6.92 Å². The van der Waals surface area contributed by atoms with Crippen LogP contribution in [-0.4, -0.2) is 15.7 Å². The molecule has 0 aliphatic heterocycles. The third-order valence-electron chi connectivity index (χ3n) is 1.93. The van der Waals surface area contributed by atoms with Crippen LogP contribution in [0.1, 0.15) is 16.2 Å². The lowest BCUT2D eigenvalue weighted by atomic mass is 10.4. The standard InChI is InChI=1S/C9H7ClN2O/c1-6-8(5-13)12-4-2-3-7(10)9(12)11-6/h2-5H,1H3. The topological polar surface area (TPSA) is 34.4 Å². The Morgan fingerprint density at radius 3 is 3.08 bits per heavy atom. The van der Waals surface area contributed by atoms with Gasteiger partial charge in [-0.05, 0) is 19.1 Å². The van der Waals surface area contributed by atoms with E-state index in [0.717, 1.165) is 6.29 Å². The van der Waals surface area contributed by atoms with E-state index in [0.29, 0.717) is 22.1 Å². The van der Waals surface area contributed by atoms with Crippen LogP contribution in [0.25, 0.3) is 5.65 Å². The van der Waals surface area contributed by atoms with Gasteiger partial charge in [0.05, 0.1) is 10.7 Å². The number of carbonyl (C=O) groups is 1. The Kier molecular flexibility index (Phi) is 1.81. The summed E-state index contributed by atoms with van der Waals surface area (Å²) in [4.78, 5) is 14.9. The maximum Gasteiger partial charge on any atom is 0.168 e. The lowest BCUT2D eigenvalue weighted by Gasteiger charge is -1.95. The van der Waals surface area contributed by atoms with Crippen molar-refractivity contribution in [3.05, 3.63) is 34.7 Å². The van der Waals surface area contributed by atoms with Gasteiger partial charge < -0.3 is 0 Å². The van der Waals surface area contributed by atoms with Crippen LogP contribution < -0.4 is 0 Å². The Morgan fingerprint density at radius 1 is 1.62 bits per heavy atom. The van der Waals surface area contributed by atoms with E-state index in [1.165, 1.54) is 0 Å². The van der Waals surface area contributed by atoms with Crippen LogP contribution in [0.2, 0.25) is 5.02 Å². The zero-order valence-electron chi connectivity index (χ0n) is 6.99. The summed E-state index contributed by atoms with van der Waals surface area (Å²) in [5.41, 5.74) is 1.88. The Balaban J connectivity index is 2.93. The summed E-state index contributed by atoms with van der Waals surface area (Å²) < 4.78 is 1.69. The molecule has 4 heteroatoms. The number of hydrogen-bond donors (Lipinski definition) is 0. The molecule has 0 atom stereocenters. The fraction of sp³-hybridized carbons (Fsp3) is 0.111. The SMILES string of the molecule is Cc1nc2c(Cl)cccn2c1C=O. The van der Waals surface area contributed by atoms with Gasteiger partial charge in [-0.15, -0.1) is 0 Å². The highest BCUT2D eigenvalue weighted by Gasteiger charge is 2.08. The van der Waals surface area contributed by atoms with Gasteiger partial charge >= 0.3 is 0 Å². The van der Waals surface area contributed by atoms with Crippen molar-refractivity contribution in [1.82, 2.24) is 9.38 Å². The van der Waals surface area contributed by atoms with Crippen LogP contribution in [0.5, 0.6) is 0 Å². The molecule has 2 rings (SSSR count). The second-order valence-corrected chi connectivity index (χ2v) is 3.16. The minimum absolute atomic E-state index is 0.553. The molecule has 2 aromatic rings. The van der Waals surface area contributed by atoms with Crippen LogP contribution >= 0.6 is 11.6 Å². The smallest absolute Gasteiger partial charge is 0.168 e. The Labute approximate surface area is 80.0 Å². The molecule has 0 aliphatic rings. The van der Waals surface area contributed by atoms with Gasteiger partial charge in [0, 0.05) is 6.20 Å². The van der Waals surface area contributed by atoms with Crippen molar-refractivity contribution >= 4 is 23.5 Å². The van der Waals surface area contributed by atoms with Crippen molar-refractivity contribution in [2.75, 3.05) is 0 Å². The third kappa shape index (κ3) is 1.12. The molecule has 0 saturated carbocycles. The summed E-state index contributed by atoms with van der Waals surface area (Å²) in [5, 5.41) is 0.554. The highest BCUT2D eigenvalue weighted by Crippen LogP contribution is 2.18. The maximum atomic E-state index is 10.7. The molecule has 13 heavy (non-hydrogen) atoms. The van der Waals surface area contributed by atoms with E-state index in [2.05, 4.69) is 4.98 Å². The van der Waals surface area contributed by atoms with E-state index in [1.807, 2.05) is 0 Å². The quantitative estimate of drug-likeness (QED) is 0.652. The number of fused-ring (bicyclic) bond motifs is 1. The number of aldehydes is 1. The Morgan fingerprint density at radius 2 is 2.38 bits per heavy atom. The minimum atomic E-state index is 0.553. The average Bonchev–Trinajstić information content (AvgIpc) is 2.43. The van der Waals surface area contributed by atoms with Crippen LogP contribution in [0, 0.1) is 6.92 Å². The zero-order chi connectivity index (χ0) is 9.42. The molecule has 0 radical (unpaired) electrons. The maximum absolute atomic E-state index is 10.7. The van der Waals surface area contributed by atoms with Gasteiger partial charge in [0.2, 0.25) is 0 Å². The fourth-order valence-corrected chi connectivity index (χ4v) is 1.51. The van der Waals surface area contributed by atoms with Crippen LogP contribution in [-0.2, 0) is 0 Å². The molecule has 2 aromatic heterocycles. The first-order valence-electron chi connectivity index (χ1n) is 3.82. The van der Waals surface area contributed by atoms with Crippen molar-refractivity contribution < 1.29 is 4.79 Å². The summed E-state index contributed by atoms with van der Waals surface area (Å²) in [5.74, 6) is 0. The lowest BCUT2D eigenvalue weighted by molar-refractivity contribution is 0.111. The molecule has 0 amide bonds. The Hall–Kier alpha value is -1.35. The molecule has 0 unspecified atom stereocenters. The number of carbonyl (C=O) groups excluding carboxylic acids is 1. The first-order valence-corrected chi connectivity index (χ1v) is 4.20. The van der Waals surface area contributed by atoms with Crippen molar-refractivity contribution in [3.8, 4) is 0 Å². The molecule has 3 nitrogen and oxygen atoms in total. The normalized spacial score (nSPS) is 10.6. The monoisotopic (exact) mass is 194 g/mol. The van der Waals surface area contributed by atoms with Crippen LogP contribution in [0.3, 0.4) is 0 Å². The highest BCUT2D eigenvalue weighted by molar-refractivity contribution is 6.33. The van der Waals surface area contributed by atoms with E-state index in [4.69, 9.17) is 11.6 Å². The van der Waals surface area contributed by atoms with Crippen LogP contribution in [0.15, 0.2) is 18.3 Å². The van der Waals surface area contributed by atoms with Gasteiger partial charge in [-0.3, -0.25) is 9.20 Å². The molecular formula is C9H7ClN2O. The predicted molar refractivity (Wildman–Crippen MR) is 50.3 cm³/mol. The summed E-state index contributed by atoms with van der Waals surface area (Å²) >= 11 is 5.90. The van der Waals surface area contributed by atoms with Crippen molar-refractivity contribution in [2.24, 2.45) is 0 Å². The average molecular weight is 195 g/mol. The number of halogens is 1. The van der Waals surface area contributed by atoms with Gasteiger partial charge in [0.1, 0.15) is 5.69 Å². The van der Waals surface area contributed by atoms with E-state index in [-0.39, 0.29) is 0 Å². The summed E-state index contributed by atoms with van der Waals surface area (Å²) in [7, 11) is 0. The number of hydrogen-bond acceptors (Lipinski definition) is 2. The van der Waals surface area contributed by atoms with Gasteiger partial charge in [0.15, 0.2) is 11.9 Å². The molecule has 0 fully saturated rings. The number of aryl methyl sites for hydroxylation is 1. The number of pyridine rings is 1. The van der Waals surface area contributed by atoms with Gasteiger partial charge in [-0.1, -0.05) is 11.6 Å². The fourth-order valence-electron chi connectivity index (χ4n) is 1.31. The summed E-state index contributed by atoms with van der Waals surface area (Å²) in [6, 6.07) is 3.53. The minimum Gasteiger partial charge on any atom is -0.296 e. The molecule has 66 valence electrons. The first-order chi connectivity index (χ1) is 6.24. The van der Waals surface area contributed by atoms with E-state index < -0.39 is 0 Å². The summed E-state index contributed by atoms with van der Waals surface area (Å²) in [6.07, 6.45) is 2.55. The molecule has 0 N–H and O–H groups in total. The second-order valence-electron chi connectivity index (χ2n) is 2.75.